The van der Waals surface area contributed by atoms with Crippen LogP contribution in [0.15, 0.2) is 52.5 Å². The number of halogens is 3. The first kappa shape index (κ1) is 26.3. The molecule has 1 aliphatic heterocycles. The quantitative estimate of drug-likeness (QED) is 0.540. The summed E-state index contributed by atoms with van der Waals surface area (Å²) < 4.78 is 34.4. The maximum absolute atomic E-state index is 17.6. The Morgan fingerprint density at radius 2 is 1.89 bits per heavy atom. The van der Waals surface area contributed by atoms with Crippen LogP contribution in [0, 0.1) is 28.1 Å². The minimum Gasteiger partial charge on any atom is -0.390 e. The molecule has 0 bridgehead atoms. The van der Waals surface area contributed by atoms with Crippen LogP contribution in [0.5, 0.6) is 0 Å². The van der Waals surface area contributed by atoms with Crippen LogP contribution in [0.4, 0.5) is 14.5 Å². The van der Waals surface area contributed by atoms with E-state index in [9.17, 15) is 19.8 Å². The van der Waals surface area contributed by atoms with Crippen molar-refractivity contribution in [1.29, 1.82) is 0 Å². The van der Waals surface area contributed by atoms with Crippen LogP contribution < -0.4 is 5.06 Å². The van der Waals surface area contributed by atoms with Crippen molar-refractivity contribution in [3.8, 4) is 0 Å². The van der Waals surface area contributed by atoms with Gasteiger partial charge in [0.1, 0.15) is 12.8 Å². The van der Waals surface area contributed by atoms with Crippen LogP contribution in [-0.2, 0) is 14.4 Å². The lowest BCUT2D eigenvalue weighted by atomic mass is 9.39. The molecule has 1 saturated heterocycles. The van der Waals surface area contributed by atoms with E-state index in [4.69, 9.17) is 4.84 Å². The van der Waals surface area contributed by atoms with E-state index in [1.54, 1.807) is 12.0 Å². The van der Waals surface area contributed by atoms with E-state index in [0.717, 1.165) is 10.2 Å². The molecule has 6 rings (SSSR count). The fourth-order valence-corrected chi connectivity index (χ4v) is 9.35. The van der Waals surface area contributed by atoms with Crippen LogP contribution >= 0.6 is 15.9 Å². The van der Waals surface area contributed by atoms with E-state index in [2.05, 4.69) is 15.9 Å². The van der Waals surface area contributed by atoms with Crippen molar-refractivity contribution in [2.75, 3.05) is 18.2 Å². The summed E-state index contributed by atoms with van der Waals surface area (Å²) in [6.07, 6.45) is 0.733. The molecule has 4 aliphatic carbocycles. The van der Waals surface area contributed by atoms with E-state index in [1.807, 2.05) is 38.1 Å². The average Bonchev–Trinajstić information content (AvgIpc) is 3.34. The number of fused-ring (bicyclic) bond motifs is 7. The zero-order chi connectivity index (χ0) is 27.5. The second-order valence-electron chi connectivity index (χ2n) is 12.4. The van der Waals surface area contributed by atoms with E-state index in [1.165, 1.54) is 18.2 Å². The van der Waals surface area contributed by atoms with Crippen LogP contribution in [-0.4, -0.2) is 58.5 Å². The van der Waals surface area contributed by atoms with Gasteiger partial charge in [0.2, 0.25) is 0 Å². The molecule has 38 heavy (non-hydrogen) atoms. The third-order valence-corrected chi connectivity index (χ3v) is 11.6. The van der Waals surface area contributed by atoms with Crippen LogP contribution in [0.1, 0.15) is 40.0 Å². The van der Waals surface area contributed by atoms with Crippen molar-refractivity contribution in [1.82, 2.24) is 0 Å². The highest BCUT2D eigenvalue weighted by molar-refractivity contribution is 9.10. The molecule has 0 aromatic heterocycles. The van der Waals surface area contributed by atoms with E-state index >= 15 is 8.78 Å². The molecular formula is C29H32BrF2NO5. The number of alkyl halides is 2. The van der Waals surface area contributed by atoms with E-state index < -0.39 is 69.8 Å². The topological polar surface area (TPSA) is 87.1 Å². The maximum Gasteiger partial charge on any atom is 0.193 e. The number of nitrogens with zero attached hydrogens (tertiary/aromatic N) is 1. The summed E-state index contributed by atoms with van der Waals surface area (Å²) in [6, 6.07) is 7.43. The Balaban J connectivity index is 1.48. The summed E-state index contributed by atoms with van der Waals surface area (Å²) in [4.78, 5) is 32.3. The predicted octanol–water partition coefficient (Wildman–Crippen LogP) is 4.44. The van der Waals surface area contributed by atoms with Crippen molar-refractivity contribution >= 4 is 33.2 Å². The molecule has 1 aromatic rings. The van der Waals surface area contributed by atoms with Gasteiger partial charge in [-0.05, 0) is 73.6 Å². The second-order valence-corrected chi connectivity index (χ2v) is 13.3. The van der Waals surface area contributed by atoms with Gasteiger partial charge in [-0.3, -0.25) is 19.5 Å². The highest BCUT2D eigenvalue weighted by atomic mass is 79.9. The van der Waals surface area contributed by atoms with E-state index in [0.29, 0.717) is 13.0 Å². The molecule has 9 heteroatoms. The lowest BCUT2D eigenvalue weighted by molar-refractivity contribution is -0.256. The number of benzene rings is 1. The number of carbonyl (C=O) groups excluding carboxylic acids is 2. The number of hydrogen-bond acceptors (Lipinski definition) is 6. The number of aliphatic hydroxyl groups excluding tert-OH is 2. The van der Waals surface area contributed by atoms with Crippen LogP contribution in [0.2, 0.25) is 0 Å². The van der Waals surface area contributed by atoms with Gasteiger partial charge in [-0.25, -0.2) is 8.78 Å². The summed E-state index contributed by atoms with van der Waals surface area (Å²) in [5, 5.41) is 23.4. The highest BCUT2D eigenvalue weighted by Gasteiger charge is 2.83. The van der Waals surface area contributed by atoms with Crippen molar-refractivity contribution in [2.45, 2.75) is 63.6 Å². The Hall–Kier alpha value is -1.94. The average molecular weight is 592 g/mol. The Morgan fingerprint density at radius 3 is 2.55 bits per heavy atom. The lowest BCUT2D eigenvalue weighted by Crippen LogP contribution is -2.73. The first-order chi connectivity index (χ1) is 17.8. The fourth-order valence-electron chi connectivity index (χ4n) is 9.08. The molecule has 204 valence electrons. The summed E-state index contributed by atoms with van der Waals surface area (Å²) in [7, 11) is 0. The van der Waals surface area contributed by atoms with Crippen LogP contribution in [0.25, 0.3) is 0 Å². The molecular weight excluding hydrogens is 560 g/mol. The van der Waals surface area contributed by atoms with Gasteiger partial charge in [0.05, 0.1) is 18.3 Å². The molecule has 0 spiro atoms. The van der Waals surface area contributed by atoms with Crippen molar-refractivity contribution in [2.24, 2.45) is 28.1 Å². The summed E-state index contributed by atoms with van der Waals surface area (Å²) in [5.74, 6) is -2.29. The van der Waals surface area contributed by atoms with Gasteiger partial charge >= 0.3 is 0 Å². The van der Waals surface area contributed by atoms with Crippen molar-refractivity contribution in [3.05, 3.63) is 52.5 Å². The number of aliphatic hydroxyl groups is 2. The Kier molecular flexibility index (Phi) is 5.57. The molecule has 6 nitrogen and oxygen atoms in total. The highest BCUT2D eigenvalue weighted by Crippen LogP contribution is 2.77. The molecule has 1 aromatic carbocycles. The first-order valence-corrected chi connectivity index (χ1v) is 13.9. The van der Waals surface area contributed by atoms with Gasteiger partial charge in [0, 0.05) is 27.1 Å². The number of carbonyl (C=O) groups is 2. The molecule has 4 fully saturated rings. The van der Waals surface area contributed by atoms with Gasteiger partial charge in [-0.15, -0.1) is 0 Å². The number of Topliss-reactive ketones (excluding diaryl/α,β-unsaturated/α-hetero) is 1. The van der Waals surface area contributed by atoms with Gasteiger partial charge in [0.15, 0.2) is 22.8 Å². The van der Waals surface area contributed by atoms with Gasteiger partial charge in [-0.1, -0.05) is 35.9 Å². The molecule has 0 amide bonds. The molecule has 2 N–H and O–H groups in total. The largest absolute Gasteiger partial charge is 0.390 e. The van der Waals surface area contributed by atoms with Crippen molar-refractivity contribution < 1.29 is 33.4 Å². The maximum atomic E-state index is 17.6. The Labute approximate surface area is 228 Å². The number of hydrogen-bond donors (Lipinski definition) is 2. The summed E-state index contributed by atoms with van der Waals surface area (Å²) in [6.45, 7) is 4.84. The zero-order valence-electron chi connectivity index (χ0n) is 21.6. The minimum atomic E-state index is -2.26. The number of ketones is 2. The Morgan fingerprint density at radius 1 is 1.21 bits per heavy atom. The number of anilines is 1. The minimum absolute atomic E-state index is 0.0620. The summed E-state index contributed by atoms with van der Waals surface area (Å²) >= 11 is 3.42. The SMILES string of the molecule is C[C@]12C[C@H](O)[C@@]3(F)[C@@H](C[C@H](F)C4=CC(=O)C=C[C@@]43C)[C@]1(C)C[C@H]1CN(c3ccc(Br)cc3)O[C@]12C(=O)CO. The summed E-state index contributed by atoms with van der Waals surface area (Å²) in [5.41, 5.74) is -6.56. The first-order valence-electron chi connectivity index (χ1n) is 13.1. The number of rotatable bonds is 3. The monoisotopic (exact) mass is 591 g/mol. The number of allylic oxidation sites excluding steroid dienone is 4. The standard InChI is InChI=1S/C29H32BrF2NO5/c1-25-9-8-19(35)10-20(25)21(31)11-22-26(2)12-16-14-33(18-6-4-17(30)5-7-18)38-29(16,24(37)15-34)27(26,3)13-23(36)28(22,25)32/h4-10,16,21-23,34,36H,11-15H2,1-3H3/t16-,21-,22-,23-,25-,26-,27-,28-,29-/m0/s1. The predicted molar refractivity (Wildman–Crippen MR) is 140 cm³/mol. The molecule has 3 saturated carbocycles. The third-order valence-electron chi connectivity index (χ3n) is 11.1. The normalized spacial score (nSPS) is 47.2. The van der Waals surface area contributed by atoms with Crippen LogP contribution in [0.3, 0.4) is 0 Å². The molecule has 9 atom stereocenters. The molecule has 5 aliphatic rings. The van der Waals surface area contributed by atoms with E-state index in [-0.39, 0.29) is 18.4 Å². The fraction of sp³-hybridized carbons (Fsp3) is 0.586. The second kappa shape index (κ2) is 8.05. The zero-order valence-corrected chi connectivity index (χ0v) is 23.2. The van der Waals surface area contributed by atoms with Gasteiger partial charge in [0.25, 0.3) is 0 Å². The van der Waals surface area contributed by atoms with Crippen molar-refractivity contribution in [3.63, 3.8) is 0 Å². The Bertz CT molecular complexity index is 1290. The van der Waals surface area contributed by atoms with Gasteiger partial charge in [-0.2, -0.15) is 0 Å². The molecule has 1 heterocycles. The number of hydroxylamine groups is 1. The smallest absolute Gasteiger partial charge is 0.193 e. The third kappa shape index (κ3) is 2.86. The van der Waals surface area contributed by atoms with Gasteiger partial charge < -0.3 is 10.2 Å². The molecule has 0 unspecified atom stereocenters. The molecule has 0 radical (unpaired) electrons. The lowest BCUT2D eigenvalue weighted by Gasteiger charge is -2.67.